The SMILES string of the molecule is NN1c2ccc(F)cc2N=C(N=NCc2cccc(Cl)c2)C12CCSCC2. The van der Waals surface area contributed by atoms with Gasteiger partial charge in [0.1, 0.15) is 11.4 Å². The zero-order valence-corrected chi connectivity index (χ0v) is 16.2. The Balaban J connectivity index is 1.69. The predicted octanol–water partition coefficient (Wildman–Crippen LogP) is 5.12. The number of hydrazine groups is 1. The maximum atomic E-state index is 13.7. The van der Waals surface area contributed by atoms with Crippen LogP contribution in [-0.2, 0) is 6.54 Å². The highest BCUT2D eigenvalue weighted by Gasteiger charge is 2.46. The van der Waals surface area contributed by atoms with Crippen molar-refractivity contribution in [2.75, 3.05) is 16.5 Å². The van der Waals surface area contributed by atoms with Crippen LogP contribution >= 0.6 is 23.4 Å². The largest absolute Gasteiger partial charge is 0.295 e. The van der Waals surface area contributed by atoms with E-state index in [0.29, 0.717) is 23.1 Å². The number of aliphatic imine (C=N–C) groups is 1. The van der Waals surface area contributed by atoms with Crippen molar-refractivity contribution in [1.29, 1.82) is 0 Å². The van der Waals surface area contributed by atoms with Crippen molar-refractivity contribution >= 4 is 40.6 Å². The van der Waals surface area contributed by atoms with Crippen LogP contribution in [0.15, 0.2) is 57.7 Å². The number of hydrogen-bond donors (Lipinski definition) is 1. The number of thioether (sulfide) groups is 1. The predicted molar refractivity (Wildman–Crippen MR) is 109 cm³/mol. The summed E-state index contributed by atoms with van der Waals surface area (Å²) in [5.74, 6) is 8.63. The first-order valence-corrected chi connectivity index (χ1v) is 10.3. The summed E-state index contributed by atoms with van der Waals surface area (Å²) in [4.78, 5) is 4.64. The molecule has 4 rings (SSSR count). The molecule has 0 aromatic heterocycles. The van der Waals surface area contributed by atoms with Gasteiger partial charge in [-0.25, -0.2) is 15.2 Å². The van der Waals surface area contributed by atoms with Gasteiger partial charge in [-0.2, -0.15) is 16.9 Å². The van der Waals surface area contributed by atoms with Crippen molar-refractivity contribution in [2.24, 2.45) is 21.1 Å². The second kappa shape index (κ2) is 7.58. The number of fused-ring (bicyclic) bond motifs is 1. The van der Waals surface area contributed by atoms with E-state index in [9.17, 15) is 4.39 Å². The van der Waals surface area contributed by atoms with Gasteiger partial charge in [-0.1, -0.05) is 23.7 Å². The summed E-state index contributed by atoms with van der Waals surface area (Å²) in [5, 5.41) is 11.2. The first-order chi connectivity index (χ1) is 13.1. The zero-order valence-electron chi connectivity index (χ0n) is 14.6. The van der Waals surface area contributed by atoms with Gasteiger partial charge in [-0.15, -0.1) is 5.11 Å². The molecule has 2 aliphatic rings. The lowest BCUT2D eigenvalue weighted by atomic mass is 9.87. The highest BCUT2D eigenvalue weighted by Crippen LogP contribution is 2.43. The van der Waals surface area contributed by atoms with Crippen molar-refractivity contribution in [1.82, 2.24) is 0 Å². The second-order valence-corrected chi connectivity index (χ2v) is 8.27. The van der Waals surface area contributed by atoms with Gasteiger partial charge in [0.05, 0.1) is 17.9 Å². The third kappa shape index (κ3) is 3.59. The van der Waals surface area contributed by atoms with Gasteiger partial charge in [0.15, 0.2) is 5.84 Å². The quantitative estimate of drug-likeness (QED) is 0.559. The van der Waals surface area contributed by atoms with Crippen LogP contribution in [0.1, 0.15) is 18.4 Å². The molecule has 2 aromatic carbocycles. The maximum Gasteiger partial charge on any atom is 0.178 e. The van der Waals surface area contributed by atoms with Crippen LogP contribution in [0.2, 0.25) is 5.02 Å². The number of nitrogens with zero attached hydrogens (tertiary/aromatic N) is 4. The standard InChI is InChI=1S/C19H19ClFN5S/c20-14-3-1-2-13(10-14)12-23-25-18-19(6-8-27-9-7-19)26(22)17-5-4-15(21)11-16(17)24-18/h1-5,10-11H,6-9,12,22H2. The van der Waals surface area contributed by atoms with E-state index in [1.807, 2.05) is 36.0 Å². The average Bonchev–Trinajstić information content (AvgIpc) is 2.67. The minimum atomic E-state index is -0.506. The third-order valence-corrected chi connectivity index (χ3v) is 6.15. The van der Waals surface area contributed by atoms with Crippen molar-refractivity contribution in [2.45, 2.75) is 24.9 Å². The molecule has 0 aliphatic carbocycles. The molecular weight excluding hydrogens is 385 g/mol. The highest BCUT2D eigenvalue weighted by molar-refractivity contribution is 7.99. The van der Waals surface area contributed by atoms with Gasteiger partial charge in [0, 0.05) is 11.1 Å². The minimum absolute atomic E-state index is 0.351. The molecule has 5 nitrogen and oxygen atoms in total. The summed E-state index contributed by atoms with van der Waals surface area (Å²) in [6.07, 6.45) is 1.64. The van der Waals surface area contributed by atoms with Crippen LogP contribution in [-0.4, -0.2) is 22.9 Å². The smallest absolute Gasteiger partial charge is 0.178 e. The van der Waals surface area contributed by atoms with E-state index in [-0.39, 0.29) is 5.82 Å². The second-order valence-electron chi connectivity index (χ2n) is 6.61. The fourth-order valence-electron chi connectivity index (χ4n) is 3.45. The Bertz CT molecular complexity index is 911. The summed E-state index contributed by atoms with van der Waals surface area (Å²) in [6, 6.07) is 12.0. The van der Waals surface area contributed by atoms with E-state index < -0.39 is 5.54 Å². The molecule has 2 N–H and O–H groups in total. The average molecular weight is 404 g/mol. The van der Waals surface area contributed by atoms with Crippen molar-refractivity contribution < 1.29 is 4.39 Å². The first-order valence-electron chi connectivity index (χ1n) is 8.72. The Labute approximate surface area is 166 Å². The van der Waals surface area contributed by atoms with Crippen molar-refractivity contribution in [3.05, 3.63) is 58.9 Å². The fourth-order valence-corrected chi connectivity index (χ4v) is 4.84. The first kappa shape index (κ1) is 18.4. The van der Waals surface area contributed by atoms with Crippen LogP contribution in [0.4, 0.5) is 15.8 Å². The topological polar surface area (TPSA) is 66.3 Å². The van der Waals surface area contributed by atoms with E-state index in [1.165, 1.54) is 12.1 Å². The normalized spacial score (nSPS) is 18.6. The molecule has 0 unspecified atom stereocenters. The van der Waals surface area contributed by atoms with E-state index in [4.69, 9.17) is 17.4 Å². The van der Waals surface area contributed by atoms with Crippen LogP contribution in [0.25, 0.3) is 0 Å². The Hall–Kier alpha value is -1.96. The van der Waals surface area contributed by atoms with Crippen LogP contribution in [0.5, 0.6) is 0 Å². The summed E-state index contributed by atoms with van der Waals surface area (Å²) in [7, 11) is 0. The minimum Gasteiger partial charge on any atom is -0.295 e. The zero-order chi connectivity index (χ0) is 18.9. The Morgan fingerprint density at radius 2 is 2.04 bits per heavy atom. The lowest BCUT2D eigenvalue weighted by Crippen LogP contribution is -2.61. The van der Waals surface area contributed by atoms with Crippen molar-refractivity contribution in [3.63, 3.8) is 0 Å². The Morgan fingerprint density at radius 3 is 2.81 bits per heavy atom. The number of hydrogen-bond acceptors (Lipinski definition) is 6. The molecule has 2 aromatic rings. The molecule has 0 saturated carbocycles. The fraction of sp³-hybridized carbons (Fsp3) is 0.316. The molecule has 2 aliphatic heterocycles. The summed E-state index contributed by atoms with van der Waals surface area (Å²) >= 11 is 7.91. The highest BCUT2D eigenvalue weighted by atomic mass is 35.5. The molecular formula is C19H19ClFN5S. The Morgan fingerprint density at radius 1 is 1.22 bits per heavy atom. The number of benzene rings is 2. The molecule has 0 bridgehead atoms. The van der Waals surface area contributed by atoms with Gasteiger partial charge in [0.2, 0.25) is 0 Å². The van der Waals surface area contributed by atoms with Gasteiger partial charge in [-0.05, 0) is 54.2 Å². The number of azo groups is 1. The Kier molecular flexibility index (Phi) is 5.16. The molecule has 1 fully saturated rings. The molecule has 0 amide bonds. The number of nitrogens with two attached hydrogens (primary N) is 1. The van der Waals surface area contributed by atoms with Crippen LogP contribution < -0.4 is 10.9 Å². The lowest BCUT2D eigenvalue weighted by molar-refractivity contribution is 0.466. The van der Waals surface area contributed by atoms with Crippen LogP contribution in [0, 0.1) is 5.82 Å². The number of rotatable bonds is 2. The van der Waals surface area contributed by atoms with Gasteiger partial charge in [0.25, 0.3) is 0 Å². The summed E-state index contributed by atoms with van der Waals surface area (Å²) in [6.45, 7) is 0.394. The van der Waals surface area contributed by atoms with Crippen LogP contribution in [0.3, 0.4) is 0 Å². The summed E-state index contributed by atoms with van der Waals surface area (Å²) in [5.41, 5.74) is 1.66. The van der Waals surface area contributed by atoms with Gasteiger partial charge in [-0.3, -0.25) is 5.01 Å². The molecule has 1 spiro atoms. The van der Waals surface area contributed by atoms with E-state index in [1.54, 1.807) is 11.1 Å². The molecule has 1 saturated heterocycles. The molecule has 140 valence electrons. The van der Waals surface area contributed by atoms with E-state index in [2.05, 4.69) is 15.2 Å². The van der Waals surface area contributed by atoms with E-state index >= 15 is 0 Å². The van der Waals surface area contributed by atoms with Crippen molar-refractivity contribution in [3.8, 4) is 0 Å². The molecule has 0 atom stereocenters. The molecule has 0 radical (unpaired) electrons. The van der Waals surface area contributed by atoms with Gasteiger partial charge >= 0.3 is 0 Å². The molecule has 27 heavy (non-hydrogen) atoms. The van der Waals surface area contributed by atoms with E-state index in [0.717, 1.165) is 35.6 Å². The lowest BCUT2D eigenvalue weighted by Gasteiger charge is -2.46. The third-order valence-electron chi connectivity index (χ3n) is 4.93. The molecule has 8 heteroatoms. The number of amidine groups is 1. The van der Waals surface area contributed by atoms with Gasteiger partial charge < -0.3 is 0 Å². The number of halogens is 2. The maximum absolute atomic E-state index is 13.7. The molecule has 2 heterocycles. The number of anilines is 1. The monoisotopic (exact) mass is 403 g/mol. The summed E-state index contributed by atoms with van der Waals surface area (Å²) < 4.78 is 13.7.